The average Bonchev–Trinajstić information content (AvgIpc) is 2.81. The van der Waals surface area contributed by atoms with Gasteiger partial charge in [-0.3, -0.25) is 4.79 Å². The van der Waals surface area contributed by atoms with Crippen molar-refractivity contribution in [1.29, 1.82) is 0 Å². The van der Waals surface area contributed by atoms with E-state index in [0.717, 1.165) is 10.9 Å². The van der Waals surface area contributed by atoms with Crippen LogP contribution < -0.4 is 5.56 Å². The fourth-order valence-electron chi connectivity index (χ4n) is 2.41. The van der Waals surface area contributed by atoms with Gasteiger partial charge in [-0.25, -0.2) is 4.39 Å². The summed E-state index contributed by atoms with van der Waals surface area (Å²) >= 11 is 0. The van der Waals surface area contributed by atoms with Crippen LogP contribution in [-0.2, 0) is 6.54 Å². The van der Waals surface area contributed by atoms with Crippen molar-refractivity contribution in [2.75, 3.05) is 0 Å². The van der Waals surface area contributed by atoms with E-state index in [1.165, 1.54) is 6.07 Å². The molecule has 0 spiro atoms. The lowest BCUT2D eigenvalue weighted by Crippen LogP contribution is -2.16. The first-order valence-corrected chi connectivity index (χ1v) is 7.00. The fourth-order valence-corrected chi connectivity index (χ4v) is 2.41. The molecule has 0 bridgehead atoms. The summed E-state index contributed by atoms with van der Waals surface area (Å²) in [5.74, 6) is -0.115. The Balaban J connectivity index is 0.000000415. The highest BCUT2D eigenvalue weighted by molar-refractivity contribution is 5.84. The van der Waals surface area contributed by atoms with Gasteiger partial charge in [0.15, 0.2) is 0 Å². The molecule has 1 atom stereocenters. The smallest absolute Gasteiger partial charge is 0.251 e. The normalized spacial score (nSPS) is 15.4. The summed E-state index contributed by atoms with van der Waals surface area (Å²) in [7, 11) is 0. The van der Waals surface area contributed by atoms with Gasteiger partial charge in [0.05, 0.1) is 5.52 Å². The van der Waals surface area contributed by atoms with Crippen molar-refractivity contribution < 1.29 is 4.39 Å². The van der Waals surface area contributed by atoms with Gasteiger partial charge in [0.1, 0.15) is 5.82 Å². The van der Waals surface area contributed by atoms with Gasteiger partial charge in [0.2, 0.25) is 0 Å². The van der Waals surface area contributed by atoms with Gasteiger partial charge >= 0.3 is 0 Å². The van der Waals surface area contributed by atoms with Crippen molar-refractivity contribution in [3.8, 4) is 0 Å². The molecule has 2 nitrogen and oxygen atoms in total. The number of rotatable bonds is 0. The molecular weight excluding hydrogens is 241 g/mol. The van der Waals surface area contributed by atoms with E-state index < -0.39 is 0 Å². The summed E-state index contributed by atoms with van der Waals surface area (Å²) in [6, 6.07) is 6.51. The number of halogens is 1. The van der Waals surface area contributed by atoms with Crippen LogP contribution in [0.4, 0.5) is 4.39 Å². The molecule has 3 rings (SSSR count). The molecule has 2 aromatic rings. The van der Waals surface area contributed by atoms with E-state index >= 15 is 0 Å². The fraction of sp³-hybridized carbons (Fsp3) is 0.438. The van der Waals surface area contributed by atoms with Crippen LogP contribution >= 0.6 is 0 Å². The third kappa shape index (κ3) is 2.55. The van der Waals surface area contributed by atoms with Gasteiger partial charge in [-0.05, 0) is 23.6 Å². The Hall–Kier alpha value is -1.64. The summed E-state index contributed by atoms with van der Waals surface area (Å²) in [4.78, 5) is 11.6. The number of pyridine rings is 1. The molecule has 1 aliphatic rings. The lowest BCUT2D eigenvalue weighted by Gasteiger charge is -2.03. The van der Waals surface area contributed by atoms with Gasteiger partial charge in [-0.15, -0.1) is 0 Å². The summed E-state index contributed by atoms with van der Waals surface area (Å²) in [5.41, 5.74) is 1.42. The maximum absolute atomic E-state index is 13.6. The minimum atomic E-state index is -0.202. The number of hydrogen-bond acceptors (Lipinski definition) is 1. The SMILES string of the molecule is CC.CC.CC1Cn2c(=O)ccc3ccc(F)c1c32. The van der Waals surface area contributed by atoms with Crippen molar-refractivity contribution in [2.45, 2.75) is 47.1 Å². The molecule has 2 heterocycles. The van der Waals surface area contributed by atoms with Crippen LogP contribution in [0.1, 0.15) is 46.1 Å². The molecule has 1 unspecified atom stereocenters. The Morgan fingerprint density at radius 1 is 1.11 bits per heavy atom. The lowest BCUT2D eigenvalue weighted by atomic mass is 10.0. The Morgan fingerprint density at radius 3 is 2.32 bits per heavy atom. The van der Waals surface area contributed by atoms with Gasteiger partial charge in [0, 0.05) is 24.1 Å². The van der Waals surface area contributed by atoms with Crippen molar-refractivity contribution in [3.05, 3.63) is 46.0 Å². The largest absolute Gasteiger partial charge is 0.307 e. The van der Waals surface area contributed by atoms with Crippen molar-refractivity contribution in [1.82, 2.24) is 4.57 Å². The molecule has 1 aliphatic heterocycles. The number of benzene rings is 1. The first-order chi connectivity index (χ1) is 9.18. The zero-order valence-corrected chi connectivity index (χ0v) is 12.3. The molecule has 0 aliphatic carbocycles. The van der Waals surface area contributed by atoms with E-state index in [1.807, 2.05) is 34.6 Å². The molecule has 1 aromatic heterocycles. The van der Waals surface area contributed by atoms with E-state index in [2.05, 4.69) is 0 Å². The van der Waals surface area contributed by atoms with E-state index in [9.17, 15) is 9.18 Å². The maximum Gasteiger partial charge on any atom is 0.251 e. The molecule has 19 heavy (non-hydrogen) atoms. The zero-order chi connectivity index (χ0) is 14.6. The Morgan fingerprint density at radius 2 is 1.68 bits per heavy atom. The second-order valence-corrected chi connectivity index (χ2v) is 4.08. The first kappa shape index (κ1) is 15.4. The van der Waals surface area contributed by atoms with Gasteiger partial charge in [0.25, 0.3) is 5.56 Å². The van der Waals surface area contributed by atoms with Crippen LogP contribution in [0.15, 0.2) is 29.1 Å². The molecule has 1 aromatic carbocycles. The van der Waals surface area contributed by atoms with Crippen LogP contribution in [0.25, 0.3) is 10.9 Å². The molecule has 0 radical (unpaired) electrons. The predicted octanol–water partition coefficient (Wildman–Crippen LogP) is 4.31. The summed E-state index contributed by atoms with van der Waals surface area (Å²) in [6.07, 6.45) is 0. The third-order valence-electron chi connectivity index (χ3n) is 3.09. The van der Waals surface area contributed by atoms with Crippen molar-refractivity contribution in [3.63, 3.8) is 0 Å². The van der Waals surface area contributed by atoms with Gasteiger partial charge < -0.3 is 4.57 Å². The second kappa shape index (κ2) is 6.50. The number of nitrogens with zero attached hydrogens (tertiary/aromatic N) is 1. The molecule has 0 fully saturated rings. The van der Waals surface area contributed by atoms with Gasteiger partial charge in [-0.1, -0.05) is 34.6 Å². The van der Waals surface area contributed by atoms with Crippen LogP contribution in [0.3, 0.4) is 0 Å². The van der Waals surface area contributed by atoms with E-state index in [4.69, 9.17) is 0 Å². The highest BCUT2D eigenvalue weighted by Gasteiger charge is 2.24. The molecule has 3 heteroatoms. The molecule has 0 amide bonds. The van der Waals surface area contributed by atoms with Crippen LogP contribution in [0.5, 0.6) is 0 Å². The molecule has 0 saturated carbocycles. The summed E-state index contributed by atoms with van der Waals surface area (Å²) < 4.78 is 15.3. The highest BCUT2D eigenvalue weighted by atomic mass is 19.1. The minimum Gasteiger partial charge on any atom is -0.307 e. The predicted molar refractivity (Wildman–Crippen MR) is 79.3 cm³/mol. The van der Waals surface area contributed by atoms with Crippen LogP contribution in [-0.4, -0.2) is 4.57 Å². The Bertz CT molecular complexity index is 616. The summed E-state index contributed by atoms with van der Waals surface area (Å²) in [5, 5.41) is 0.940. The Kier molecular flexibility index (Phi) is 5.28. The molecule has 0 N–H and O–H groups in total. The third-order valence-corrected chi connectivity index (χ3v) is 3.09. The highest BCUT2D eigenvalue weighted by Crippen LogP contribution is 2.33. The topological polar surface area (TPSA) is 22.0 Å². The molecule has 104 valence electrons. The summed E-state index contributed by atoms with van der Waals surface area (Å²) in [6.45, 7) is 10.5. The first-order valence-electron chi connectivity index (χ1n) is 7.00. The number of hydrogen-bond donors (Lipinski definition) is 0. The quantitative estimate of drug-likeness (QED) is 0.694. The minimum absolute atomic E-state index is 0.0429. The zero-order valence-electron chi connectivity index (χ0n) is 12.3. The van der Waals surface area contributed by atoms with Gasteiger partial charge in [-0.2, -0.15) is 0 Å². The Labute approximate surface area is 113 Å². The van der Waals surface area contributed by atoms with Crippen molar-refractivity contribution >= 4 is 10.9 Å². The van der Waals surface area contributed by atoms with E-state index in [-0.39, 0.29) is 17.3 Å². The van der Waals surface area contributed by atoms with Crippen LogP contribution in [0, 0.1) is 5.82 Å². The standard InChI is InChI=1S/C12H10FNO.2C2H6/c1-7-6-14-10(15)5-3-8-2-4-9(13)11(7)12(8)14;2*1-2/h2-5,7H,6H2,1H3;2*1-2H3. The molecule has 0 saturated heterocycles. The second-order valence-electron chi connectivity index (χ2n) is 4.08. The van der Waals surface area contributed by atoms with Crippen LogP contribution in [0.2, 0.25) is 0 Å². The lowest BCUT2D eigenvalue weighted by molar-refractivity contribution is 0.580. The van der Waals surface area contributed by atoms with E-state index in [1.54, 1.807) is 22.8 Å². The molecular formula is C16H22FNO. The van der Waals surface area contributed by atoms with Crippen molar-refractivity contribution in [2.24, 2.45) is 0 Å². The maximum atomic E-state index is 13.6. The monoisotopic (exact) mass is 263 g/mol. The number of aromatic nitrogens is 1. The van der Waals surface area contributed by atoms with E-state index in [0.29, 0.717) is 12.1 Å². The average molecular weight is 263 g/mol.